The van der Waals surface area contributed by atoms with Crippen molar-refractivity contribution in [3.8, 4) is 17.2 Å². The van der Waals surface area contributed by atoms with E-state index in [1.54, 1.807) is 57.7 Å². The second-order valence-corrected chi connectivity index (χ2v) is 7.72. The highest BCUT2D eigenvalue weighted by molar-refractivity contribution is 6.10. The molecule has 35 heavy (non-hydrogen) atoms. The minimum absolute atomic E-state index is 0.303. The summed E-state index contributed by atoms with van der Waals surface area (Å²) in [4.78, 5) is 20.9. The van der Waals surface area contributed by atoms with Gasteiger partial charge in [-0.3, -0.25) is 15.1 Å². The molecule has 0 spiro atoms. The van der Waals surface area contributed by atoms with Crippen LogP contribution in [0.25, 0.3) is 10.9 Å². The van der Waals surface area contributed by atoms with Crippen molar-refractivity contribution in [2.75, 3.05) is 33.2 Å². The van der Waals surface area contributed by atoms with E-state index in [1.807, 2.05) is 30.5 Å². The van der Waals surface area contributed by atoms with Gasteiger partial charge >= 0.3 is 0 Å². The fourth-order valence-corrected chi connectivity index (χ4v) is 3.73. The molecule has 0 aliphatic rings. The van der Waals surface area contributed by atoms with Gasteiger partial charge in [-0.1, -0.05) is 24.3 Å². The van der Waals surface area contributed by atoms with Crippen molar-refractivity contribution in [3.63, 3.8) is 0 Å². The van der Waals surface area contributed by atoms with Gasteiger partial charge in [-0.05, 0) is 48.4 Å². The van der Waals surface area contributed by atoms with E-state index in [-0.39, 0.29) is 5.91 Å². The van der Waals surface area contributed by atoms with E-state index >= 15 is 0 Å². The Morgan fingerprint density at radius 1 is 0.914 bits per heavy atom. The summed E-state index contributed by atoms with van der Waals surface area (Å²) in [5, 5.41) is 7.24. The van der Waals surface area contributed by atoms with E-state index in [1.165, 1.54) is 0 Å². The maximum Gasteiger partial charge on any atom is 0.258 e. The molecule has 0 atom stereocenters. The lowest BCUT2D eigenvalue weighted by Crippen LogP contribution is -2.36. The standard InChI is InChI=1S/C27H28N4O4/c1-33-21-8-6-7-18(15-21)26(32)31-27(30-20-11-12-24(34-2)25(16-20)35-3)28-14-13-19-17-29-23-10-5-4-9-22(19)23/h4-12,15-17,29H,13-14H2,1-3H3,(H2,28,30,31,32). The zero-order valence-electron chi connectivity index (χ0n) is 19.9. The molecule has 0 bridgehead atoms. The second-order valence-electron chi connectivity index (χ2n) is 7.72. The highest BCUT2D eigenvalue weighted by Gasteiger charge is 2.12. The number of methoxy groups -OCH3 is 3. The highest BCUT2D eigenvalue weighted by atomic mass is 16.5. The smallest absolute Gasteiger partial charge is 0.258 e. The van der Waals surface area contributed by atoms with E-state index in [9.17, 15) is 4.79 Å². The molecule has 0 saturated carbocycles. The number of fused-ring (bicyclic) bond motifs is 1. The number of aliphatic imine (C=N–C) groups is 1. The topological polar surface area (TPSA) is 97.0 Å². The lowest BCUT2D eigenvalue weighted by atomic mass is 10.1. The molecule has 3 N–H and O–H groups in total. The average molecular weight is 473 g/mol. The molecule has 3 aromatic carbocycles. The van der Waals surface area contributed by atoms with E-state index in [2.05, 4.69) is 26.7 Å². The molecule has 0 fully saturated rings. The molecule has 0 radical (unpaired) electrons. The molecular weight excluding hydrogens is 444 g/mol. The fraction of sp³-hybridized carbons (Fsp3) is 0.185. The quantitative estimate of drug-likeness (QED) is 0.257. The number of carbonyl (C=O) groups is 1. The third kappa shape index (κ3) is 5.73. The fourth-order valence-electron chi connectivity index (χ4n) is 3.73. The molecule has 8 nitrogen and oxygen atoms in total. The third-order valence-corrected chi connectivity index (χ3v) is 5.54. The number of guanidine groups is 1. The molecule has 1 amide bonds. The van der Waals surface area contributed by atoms with Crippen molar-refractivity contribution in [2.45, 2.75) is 6.42 Å². The monoisotopic (exact) mass is 472 g/mol. The first-order valence-corrected chi connectivity index (χ1v) is 11.1. The Hall–Kier alpha value is -4.46. The van der Waals surface area contributed by atoms with Gasteiger partial charge in [0.1, 0.15) is 5.75 Å². The van der Waals surface area contributed by atoms with Gasteiger partial charge in [0, 0.05) is 41.0 Å². The zero-order chi connectivity index (χ0) is 24.6. The van der Waals surface area contributed by atoms with E-state index in [4.69, 9.17) is 14.2 Å². The Kier molecular flexibility index (Phi) is 7.52. The van der Waals surface area contributed by atoms with Crippen LogP contribution < -0.4 is 24.8 Å². The second kappa shape index (κ2) is 11.1. The van der Waals surface area contributed by atoms with Gasteiger partial charge in [-0.2, -0.15) is 0 Å². The maximum absolute atomic E-state index is 13.0. The molecule has 1 heterocycles. The van der Waals surface area contributed by atoms with Crippen LogP contribution in [0, 0.1) is 0 Å². The summed E-state index contributed by atoms with van der Waals surface area (Å²) >= 11 is 0. The molecule has 0 aliphatic heterocycles. The molecule has 4 rings (SSSR count). The molecule has 8 heteroatoms. The van der Waals surface area contributed by atoms with Crippen molar-refractivity contribution >= 4 is 28.5 Å². The number of H-pyrrole nitrogens is 1. The number of hydrogen-bond donors (Lipinski definition) is 3. The third-order valence-electron chi connectivity index (χ3n) is 5.54. The first-order chi connectivity index (χ1) is 17.1. The van der Waals surface area contributed by atoms with Crippen LogP contribution in [0.1, 0.15) is 15.9 Å². The number of aromatic nitrogens is 1. The Labute approximate surface area is 203 Å². The van der Waals surface area contributed by atoms with Crippen LogP contribution in [0.2, 0.25) is 0 Å². The lowest BCUT2D eigenvalue weighted by Gasteiger charge is -2.14. The maximum atomic E-state index is 13.0. The number of carbonyl (C=O) groups excluding carboxylic acids is 1. The zero-order valence-corrected chi connectivity index (χ0v) is 19.9. The Balaban J connectivity index is 1.55. The van der Waals surface area contributed by atoms with E-state index < -0.39 is 0 Å². The number of para-hydroxylation sites is 1. The van der Waals surface area contributed by atoms with Crippen molar-refractivity contribution in [3.05, 3.63) is 84.1 Å². The molecule has 0 aliphatic carbocycles. The van der Waals surface area contributed by atoms with Crippen LogP contribution in [0.3, 0.4) is 0 Å². The van der Waals surface area contributed by atoms with Gasteiger partial charge < -0.3 is 24.5 Å². The van der Waals surface area contributed by atoms with Gasteiger partial charge in [0.15, 0.2) is 11.5 Å². The summed E-state index contributed by atoms with van der Waals surface area (Å²) in [6.45, 7) is 0.468. The van der Waals surface area contributed by atoms with Crippen molar-refractivity contribution < 1.29 is 19.0 Å². The van der Waals surface area contributed by atoms with Crippen molar-refractivity contribution in [1.29, 1.82) is 0 Å². The Morgan fingerprint density at radius 3 is 2.54 bits per heavy atom. The van der Waals surface area contributed by atoms with Crippen molar-refractivity contribution in [1.82, 2.24) is 10.3 Å². The average Bonchev–Trinajstić information content (AvgIpc) is 3.31. The number of nitrogens with one attached hydrogen (secondary N) is 3. The molecular formula is C27H28N4O4. The van der Waals surface area contributed by atoms with Crippen LogP contribution >= 0.6 is 0 Å². The minimum Gasteiger partial charge on any atom is -0.497 e. The molecule has 1 aromatic heterocycles. The van der Waals surface area contributed by atoms with Gasteiger partial charge in [-0.15, -0.1) is 0 Å². The summed E-state index contributed by atoms with van der Waals surface area (Å²) in [5.74, 6) is 1.79. The van der Waals surface area contributed by atoms with Gasteiger partial charge in [-0.25, -0.2) is 0 Å². The van der Waals surface area contributed by atoms with Gasteiger partial charge in [0.2, 0.25) is 5.96 Å². The summed E-state index contributed by atoms with van der Waals surface area (Å²) < 4.78 is 15.9. The van der Waals surface area contributed by atoms with Gasteiger partial charge in [0.25, 0.3) is 5.91 Å². The Bertz CT molecular complexity index is 1350. The summed E-state index contributed by atoms with van der Waals surface area (Å²) in [6, 6.07) is 20.5. The van der Waals surface area contributed by atoms with Crippen molar-refractivity contribution in [2.24, 2.45) is 4.99 Å². The number of aromatic amines is 1. The first-order valence-electron chi connectivity index (χ1n) is 11.1. The largest absolute Gasteiger partial charge is 0.497 e. The normalized spacial score (nSPS) is 11.2. The SMILES string of the molecule is COc1cccc(C(=O)NC(=NCCc2c[nH]c3ccccc23)Nc2ccc(OC)c(OC)c2)c1. The molecule has 0 saturated heterocycles. The molecule has 4 aromatic rings. The first kappa shape index (κ1) is 23.7. The number of rotatable bonds is 8. The number of benzene rings is 3. The summed E-state index contributed by atoms with van der Waals surface area (Å²) in [5.41, 5.74) is 3.40. The summed E-state index contributed by atoms with van der Waals surface area (Å²) in [7, 11) is 4.71. The predicted octanol–water partition coefficient (Wildman–Crippen LogP) is 4.63. The molecule has 180 valence electrons. The minimum atomic E-state index is -0.303. The predicted molar refractivity (Wildman–Crippen MR) is 138 cm³/mol. The number of ether oxygens (including phenoxy) is 3. The lowest BCUT2D eigenvalue weighted by molar-refractivity contribution is 0.0976. The number of amides is 1. The number of hydrogen-bond acceptors (Lipinski definition) is 5. The van der Waals surface area contributed by atoms with E-state index in [0.717, 1.165) is 16.5 Å². The number of anilines is 1. The van der Waals surface area contributed by atoms with Crippen LogP contribution in [0.5, 0.6) is 17.2 Å². The summed E-state index contributed by atoms with van der Waals surface area (Å²) in [6.07, 6.45) is 2.70. The van der Waals surface area contributed by atoms with Crippen LogP contribution in [0.15, 0.2) is 77.9 Å². The van der Waals surface area contributed by atoms with Crippen LogP contribution in [-0.2, 0) is 6.42 Å². The Morgan fingerprint density at radius 2 is 1.74 bits per heavy atom. The van der Waals surface area contributed by atoms with Crippen LogP contribution in [-0.4, -0.2) is 44.7 Å². The van der Waals surface area contributed by atoms with E-state index in [0.29, 0.717) is 47.4 Å². The van der Waals surface area contributed by atoms with Gasteiger partial charge in [0.05, 0.1) is 21.3 Å². The highest BCUT2D eigenvalue weighted by Crippen LogP contribution is 2.29. The number of nitrogens with zero attached hydrogens (tertiary/aromatic N) is 1. The molecule has 0 unspecified atom stereocenters. The van der Waals surface area contributed by atoms with Crippen LogP contribution in [0.4, 0.5) is 5.69 Å².